The van der Waals surface area contributed by atoms with Gasteiger partial charge in [0, 0.05) is 16.1 Å². The van der Waals surface area contributed by atoms with Crippen LogP contribution >= 0.6 is 15.9 Å². The molecule has 17 heavy (non-hydrogen) atoms. The Labute approximate surface area is 109 Å². The Morgan fingerprint density at radius 1 is 1.59 bits per heavy atom. The first-order chi connectivity index (χ1) is 7.95. The number of hydrogen-bond acceptors (Lipinski definition) is 3. The maximum absolute atomic E-state index is 10.8. The molecule has 0 bridgehead atoms. The van der Waals surface area contributed by atoms with Gasteiger partial charge in [-0.2, -0.15) is 0 Å². The van der Waals surface area contributed by atoms with Crippen molar-refractivity contribution < 1.29 is 14.6 Å². The van der Waals surface area contributed by atoms with E-state index in [2.05, 4.69) is 15.9 Å². The molecule has 3 N–H and O–H groups in total. The van der Waals surface area contributed by atoms with E-state index in [-0.39, 0.29) is 6.04 Å². The number of aliphatic carboxylic acids is 1. The molecule has 2 atom stereocenters. The summed E-state index contributed by atoms with van der Waals surface area (Å²) in [6.07, 6.45) is 0.377. The fourth-order valence-electron chi connectivity index (χ4n) is 1.60. The minimum atomic E-state index is -0.839. The molecular formula is C12H16BrNO3. The van der Waals surface area contributed by atoms with E-state index in [1.165, 1.54) is 0 Å². The number of rotatable bonds is 5. The Hall–Kier alpha value is -1.07. The molecule has 0 radical (unpaired) electrons. The lowest BCUT2D eigenvalue weighted by atomic mass is 9.96. The van der Waals surface area contributed by atoms with Gasteiger partial charge < -0.3 is 15.6 Å². The zero-order valence-electron chi connectivity index (χ0n) is 9.81. The average molecular weight is 302 g/mol. The van der Waals surface area contributed by atoms with E-state index in [0.717, 1.165) is 10.0 Å². The van der Waals surface area contributed by atoms with Crippen LogP contribution in [0.25, 0.3) is 0 Å². The Kier molecular flexibility index (Phi) is 4.96. The molecular weight excluding hydrogens is 286 g/mol. The van der Waals surface area contributed by atoms with E-state index in [4.69, 9.17) is 15.6 Å². The molecule has 2 unspecified atom stereocenters. The molecule has 0 amide bonds. The highest BCUT2D eigenvalue weighted by molar-refractivity contribution is 9.10. The largest absolute Gasteiger partial charge is 0.496 e. The zero-order valence-corrected chi connectivity index (χ0v) is 11.4. The molecule has 0 heterocycles. The number of methoxy groups -OCH3 is 1. The third kappa shape index (κ3) is 3.71. The number of hydrogen-bond donors (Lipinski definition) is 2. The molecule has 0 spiro atoms. The van der Waals surface area contributed by atoms with Gasteiger partial charge in [-0.1, -0.05) is 22.9 Å². The second kappa shape index (κ2) is 6.02. The summed E-state index contributed by atoms with van der Waals surface area (Å²) in [6.45, 7) is 1.65. The van der Waals surface area contributed by atoms with Crippen LogP contribution in [-0.2, 0) is 4.79 Å². The van der Waals surface area contributed by atoms with E-state index >= 15 is 0 Å². The van der Waals surface area contributed by atoms with Crippen molar-refractivity contribution in [2.45, 2.75) is 19.4 Å². The fraction of sp³-hybridized carbons (Fsp3) is 0.417. The minimum absolute atomic E-state index is 0.353. The van der Waals surface area contributed by atoms with Crippen LogP contribution < -0.4 is 10.5 Å². The first kappa shape index (κ1) is 14.0. The van der Waals surface area contributed by atoms with Crippen molar-refractivity contribution >= 4 is 21.9 Å². The Bertz CT molecular complexity index is 409. The van der Waals surface area contributed by atoms with Crippen LogP contribution in [0.2, 0.25) is 0 Å². The number of benzene rings is 1. The summed E-state index contributed by atoms with van der Waals surface area (Å²) >= 11 is 3.36. The summed E-state index contributed by atoms with van der Waals surface area (Å²) < 4.78 is 6.11. The lowest BCUT2D eigenvalue weighted by Crippen LogP contribution is -2.19. The molecule has 5 heteroatoms. The lowest BCUT2D eigenvalue weighted by molar-refractivity contribution is -0.141. The highest BCUT2D eigenvalue weighted by atomic mass is 79.9. The number of nitrogens with two attached hydrogens (primary N) is 1. The first-order valence-electron chi connectivity index (χ1n) is 5.27. The van der Waals surface area contributed by atoms with E-state index in [1.807, 2.05) is 18.2 Å². The van der Waals surface area contributed by atoms with Crippen molar-refractivity contribution in [1.29, 1.82) is 0 Å². The van der Waals surface area contributed by atoms with Gasteiger partial charge in [-0.05, 0) is 24.6 Å². The molecule has 1 aromatic rings. The van der Waals surface area contributed by atoms with Crippen LogP contribution in [0.4, 0.5) is 0 Å². The second-order valence-corrected chi connectivity index (χ2v) is 4.88. The first-order valence-corrected chi connectivity index (χ1v) is 6.06. The molecule has 4 nitrogen and oxygen atoms in total. The van der Waals surface area contributed by atoms with Crippen LogP contribution in [0.5, 0.6) is 5.75 Å². The molecule has 1 rings (SSSR count). The maximum atomic E-state index is 10.8. The van der Waals surface area contributed by atoms with Gasteiger partial charge in [-0.25, -0.2) is 0 Å². The van der Waals surface area contributed by atoms with Crippen LogP contribution in [0.1, 0.15) is 24.9 Å². The predicted molar refractivity (Wildman–Crippen MR) is 69.0 cm³/mol. The van der Waals surface area contributed by atoms with Crippen molar-refractivity contribution in [1.82, 2.24) is 0 Å². The highest BCUT2D eigenvalue weighted by Crippen LogP contribution is 2.30. The third-order valence-corrected chi connectivity index (χ3v) is 3.11. The summed E-state index contributed by atoms with van der Waals surface area (Å²) in [6, 6.07) is 5.17. The molecule has 0 aliphatic carbocycles. The van der Waals surface area contributed by atoms with Crippen molar-refractivity contribution in [3.63, 3.8) is 0 Å². The number of carboxylic acid groups (broad SMARTS) is 1. The van der Waals surface area contributed by atoms with Gasteiger partial charge in [0.2, 0.25) is 0 Å². The van der Waals surface area contributed by atoms with E-state index < -0.39 is 11.9 Å². The summed E-state index contributed by atoms with van der Waals surface area (Å²) in [5.74, 6) is -0.638. The molecule has 1 aromatic carbocycles. The molecule has 0 aromatic heterocycles. The smallest absolute Gasteiger partial charge is 0.306 e. The van der Waals surface area contributed by atoms with Gasteiger partial charge >= 0.3 is 5.97 Å². The van der Waals surface area contributed by atoms with Gasteiger partial charge in [0.05, 0.1) is 13.0 Å². The standard InChI is InChI=1S/C12H16BrNO3/c1-7(12(15)16)5-10(14)9-6-8(13)3-4-11(9)17-2/h3-4,6-7,10H,5,14H2,1-2H3,(H,15,16). The van der Waals surface area contributed by atoms with Crippen molar-refractivity contribution in [2.24, 2.45) is 11.7 Å². The monoisotopic (exact) mass is 301 g/mol. The van der Waals surface area contributed by atoms with Gasteiger partial charge in [0.25, 0.3) is 0 Å². The van der Waals surface area contributed by atoms with Gasteiger partial charge in [0.15, 0.2) is 0 Å². The molecule has 0 fully saturated rings. The Balaban J connectivity index is 2.90. The lowest BCUT2D eigenvalue weighted by Gasteiger charge is -2.17. The minimum Gasteiger partial charge on any atom is -0.496 e. The SMILES string of the molecule is COc1ccc(Br)cc1C(N)CC(C)C(=O)O. The fourth-order valence-corrected chi connectivity index (χ4v) is 1.98. The Morgan fingerprint density at radius 3 is 2.76 bits per heavy atom. The average Bonchev–Trinajstić information content (AvgIpc) is 2.28. The number of halogens is 1. The Morgan fingerprint density at radius 2 is 2.24 bits per heavy atom. The number of carboxylic acids is 1. The maximum Gasteiger partial charge on any atom is 0.306 e. The molecule has 94 valence electrons. The van der Waals surface area contributed by atoms with Crippen molar-refractivity contribution in [3.05, 3.63) is 28.2 Å². The van der Waals surface area contributed by atoms with Crippen LogP contribution in [-0.4, -0.2) is 18.2 Å². The zero-order chi connectivity index (χ0) is 13.0. The van der Waals surface area contributed by atoms with Crippen LogP contribution in [0.3, 0.4) is 0 Å². The quantitative estimate of drug-likeness (QED) is 0.877. The van der Waals surface area contributed by atoms with Gasteiger partial charge in [0.1, 0.15) is 5.75 Å². The van der Waals surface area contributed by atoms with E-state index in [0.29, 0.717) is 12.2 Å². The third-order valence-electron chi connectivity index (χ3n) is 2.62. The number of ether oxygens (including phenoxy) is 1. The second-order valence-electron chi connectivity index (χ2n) is 3.97. The normalized spacial score (nSPS) is 14.1. The van der Waals surface area contributed by atoms with E-state index in [1.54, 1.807) is 14.0 Å². The highest BCUT2D eigenvalue weighted by Gasteiger charge is 2.19. The van der Waals surface area contributed by atoms with Gasteiger partial charge in [-0.15, -0.1) is 0 Å². The summed E-state index contributed by atoms with van der Waals surface area (Å²) in [7, 11) is 1.57. The van der Waals surface area contributed by atoms with Crippen LogP contribution in [0, 0.1) is 5.92 Å². The van der Waals surface area contributed by atoms with E-state index in [9.17, 15) is 4.79 Å². The predicted octanol–water partition coefficient (Wildman–Crippen LogP) is 2.57. The summed E-state index contributed by atoms with van der Waals surface area (Å²) in [5.41, 5.74) is 6.83. The van der Waals surface area contributed by atoms with Gasteiger partial charge in [-0.3, -0.25) is 4.79 Å². The number of carbonyl (C=O) groups is 1. The topological polar surface area (TPSA) is 72.5 Å². The van der Waals surface area contributed by atoms with Crippen molar-refractivity contribution in [2.75, 3.05) is 7.11 Å². The molecule has 0 aliphatic heterocycles. The summed E-state index contributed by atoms with van der Waals surface area (Å²) in [4.78, 5) is 10.8. The summed E-state index contributed by atoms with van der Waals surface area (Å²) in [5, 5.41) is 8.86. The van der Waals surface area contributed by atoms with Crippen molar-refractivity contribution in [3.8, 4) is 5.75 Å². The molecule has 0 saturated carbocycles. The van der Waals surface area contributed by atoms with Crippen LogP contribution in [0.15, 0.2) is 22.7 Å². The molecule has 0 aliphatic rings. The molecule has 0 saturated heterocycles.